The summed E-state index contributed by atoms with van der Waals surface area (Å²) in [5, 5.41) is 4.43. The van der Waals surface area contributed by atoms with Crippen molar-refractivity contribution in [3.8, 4) is 0 Å². The van der Waals surface area contributed by atoms with E-state index in [-0.39, 0.29) is 5.97 Å². The van der Waals surface area contributed by atoms with Crippen LogP contribution in [0.3, 0.4) is 0 Å². The van der Waals surface area contributed by atoms with Gasteiger partial charge in [-0.1, -0.05) is 11.6 Å². The van der Waals surface area contributed by atoms with Crippen LogP contribution in [0.1, 0.15) is 22.8 Å². The molecular formula is C19H26N3O3+. The molecule has 0 unspecified atom stereocenters. The molecule has 6 heteroatoms. The molecule has 25 heavy (non-hydrogen) atoms. The summed E-state index contributed by atoms with van der Waals surface area (Å²) in [7, 11) is 0. The van der Waals surface area contributed by atoms with E-state index in [9.17, 15) is 4.79 Å². The molecule has 0 bridgehead atoms. The van der Waals surface area contributed by atoms with Crippen LogP contribution in [0.5, 0.6) is 0 Å². The molecule has 1 aromatic heterocycles. The van der Waals surface area contributed by atoms with Crippen LogP contribution in [0.15, 0.2) is 24.4 Å². The van der Waals surface area contributed by atoms with E-state index in [2.05, 4.69) is 16.4 Å². The highest BCUT2D eigenvalue weighted by molar-refractivity contribution is 6.05. The lowest BCUT2D eigenvalue weighted by molar-refractivity contribution is -0.906. The molecule has 0 amide bonds. The van der Waals surface area contributed by atoms with Crippen molar-refractivity contribution in [2.24, 2.45) is 0 Å². The van der Waals surface area contributed by atoms with Crippen molar-refractivity contribution < 1.29 is 19.2 Å². The van der Waals surface area contributed by atoms with Gasteiger partial charge in [0, 0.05) is 11.6 Å². The largest absolute Gasteiger partial charge is 0.462 e. The first kappa shape index (κ1) is 17.6. The lowest BCUT2D eigenvalue weighted by atomic mass is 10.1. The Morgan fingerprint density at radius 2 is 2.16 bits per heavy atom. The predicted octanol–water partition coefficient (Wildman–Crippen LogP) is 1.05. The molecule has 1 aromatic carbocycles. The summed E-state index contributed by atoms with van der Waals surface area (Å²) in [5.74, 6) is -0.334. The van der Waals surface area contributed by atoms with Crippen LogP contribution in [0.4, 0.5) is 5.69 Å². The number of hydrogen-bond acceptors (Lipinski definition) is 5. The number of nitrogens with one attached hydrogen (secondary N) is 2. The van der Waals surface area contributed by atoms with Crippen LogP contribution in [0.2, 0.25) is 0 Å². The molecule has 3 rings (SSSR count). The van der Waals surface area contributed by atoms with Crippen molar-refractivity contribution >= 4 is 22.6 Å². The lowest BCUT2D eigenvalue weighted by Gasteiger charge is -2.24. The normalized spacial score (nSPS) is 15.3. The van der Waals surface area contributed by atoms with E-state index in [1.54, 1.807) is 6.20 Å². The summed E-state index contributed by atoms with van der Waals surface area (Å²) in [6.45, 7) is 9.68. The zero-order valence-electron chi connectivity index (χ0n) is 14.9. The van der Waals surface area contributed by atoms with Gasteiger partial charge in [0.25, 0.3) is 0 Å². The van der Waals surface area contributed by atoms with Crippen LogP contribution < -0.4 is 10.2 Å². The quantitative estimate of drug-likeness (QED) is 0.767. The first-order chi connectivity index (χ1) is 12.2. The fourth-order valence-electron chi connectivity index (χ4n) is 3.13. The molecule has 134 valence electrons. The number of benzene rings is 1. The van der Waals surface area contributed by atoms with Gasteiger partial charge >= 0.3 is 5.97 Å². The van der Waals surface area contributed by atoms with Crippen LogP contribution in [0.25, 0.3) is 10.9 Å². The first-order valence-electron chi connectivity index (χ1n) is 8.90. The average molecular weight is 344 g/mol. The average Bonchev–Trinajstić information content (AvgIpc) is 2.63. The Morgan fingerprint density at radius 1 is 1.36 bits per heavy atom. The van der Waals surface area contributed by atoms with E-state index in [4.69, 9.17) is 9.47 Å². The summed E-state index contributed by atoms with van der Waals surface area (Å²) >= 11 is 0. The molecule has 1 saturated heterocycles. The molecule has 0 spiro atoms. The zero-order chi connectivity index (χ0) is 17.6. The number of morpholine rings is 1. The molecule has 0 atom stereocenters. The van der Waals surface area contributed by atoms with Gasteiger partial charge in [0.15, 0.2) is 0 Å². The summed E-state index contributed by atoms with van der Waals surface area (Å²) in [4.78, 5) is 18.3. The minimum absolute atomic E-state index is 0.334. The van der Waals surface area contributed by atoms with Crippen molar-refractivity contribution in [3.63, 3.8) is 0 Å². The number of pyridine rings is 1. The molecule has 1 fully saturated rings. The van der Waals surface area contributed by atoms with Gasteiger partial charge in [-0.15, -0.1) is 0 Å². The van der Waals surface area contributed by atoms with Crippen LogP contribution in [0, 0.1) is 6.92 Å². The minimum atomic E-state index is -0.334. The van der Waals surface area contributed by atoms with Gasteiger partial charge in [-0.2, -0.15) is 0 Å². The first-order valence-corrected chi connectivity index (χ1v) is 8.90. The van der Waals surface area contributed by atoms with Crippen LogP contribution in [-0.2, 0) is 9.47 Å². The number of rotatable bonds is 6. The number of anilines is 1. The molecule has 2 aromatic rings. The monoisotopic (exact) mass is 344 g/mol. The number of nitrogens with zero attached hydrogens (tertiary/aromatic N) is 1. The van der Waals surface area contributed by atoms with Gasteiger partial charge in [-0.3, -0.25) is 4.98 Å². The Morgan fingerprint density at radius 3 is 2.92 bits per heavy atom. The second-order valence-electron chi connectivity index (χ2n) is 6.33. The number of carbonyl (C=O) groups excluding carboxylic acids is 1. The predicted molar refractivity (Wildman–Crippen MR) is 97.3 cm³/mol. The molecule has 0 aliphatic carbocycles. The van der Waals surface area contributed by atoms with Gasteiger partial charge in [0.05, 0.1) is 44.1 Å². The van der Waals surface area contributed by atoms with E-state index in [1.165, 1.54) is 4.90 Å². The molecule has 0 radical (unpaired) electrons. The molecule has 6 nitrogen and oxygen atoms in total. The Labute approximate surface area is 148 Å². The Bertz CT molecular complexity index is 742. The fourth-order valence-corrected chi connectivity index (χ4v) is 3.13. The van der Waals surface area contributed by atoms with E-state index in [1.807, 2.05) is 26.0 Å². The van der Waals surface area contributed by atoms with Crippen molar-refractivity contribution in [1.29, 1.82) is 0 Å². The smallest absolute Gasteiger partial charge is 0.341 e. The van der Waals surface area contributed by atoms with Gasteiger partial charge in [-0.05, 0) is 26.0 Å². The molecule has 0 saturated carbocycles. The molecule has 1 aliphatic rings. The molecule has 2 N–H and O–H groups in total. The number of ether oxygens (including phenoxy) is 2. The molecule has 2 heterocycles. The highest BCUT2D eigenvalue weighted by Gasteiger charge is 2.18. The second kappa shape index (κ2) is 8.27. The number of fused-ring (bicyclic) bond motifs is 1. The van der Waals surface area contributed by atoms with Crippen molar-refractivity contribution in [3.05, 3.63) is 35.5 Å². The summed E-state index contributed by atoms with van der Waals surface area (Å²) < 4.78 is 10.6. The Balaban J connectivity index is 1.84. The van der Waals surface area contributed by atoms with Gasteiger partial charge in [0.1, 0.15) is 18.7 Å². The number of aromatic nitrogens is 1. The van der Waals surface area contributed by atoms with Crippen LogP contribution in [-0.4, -0.2) is 57.0 Å². The number of aryl methyl sites for hydroxylation is 1. The maximum atomic E-state index is 12.3. The Hall–Kier alpha value is -2.18. The number of carbonyl (C=O) groups is 1. The summed E-state index contributed by atoms with van der Waals surface area (Å²) in [6.07, 6.45) is 1.61. The highest BCUT2D eigenvalue weighted by Crippen LogP contribution is 2.27. The van der Waals surface area contributed by atoms with Crippen molar-refractivity contribution in [1.82, 2.24) is 4.98 Å². The third-order valence-electron chi connectivity index (χ3n) is 4.50. The third kappa shape index (κ3) is 4.27. The maximum absolute atomic E-state index is 12.3. The minimum Gasteiger partial charge on any atom is -0.462 e. The standard InChI is InChI=1S/C19H25N3O3/c1-3-25-19(23)16-13-21-17-5-4-14(2)12-15(17)18(16)20-6-7-22-8-10-24-11-9-22/h4-5,12-13H,3,6-11H2,1-2H3,(H,20,21)/p+1. The zero-order valence-corrected chi connectivity index (χ0v) is 14.9. The van der Waals surface area contributed by atoms with Crippen molar-refractivity contribution in [2.45, 2.75) is 13.8 Å². The third-order valence-corrected chi connectivity index (χ3v) is 4.50. The van der Waals surface area contributed by atoms with E-state index in [0.29, 0.717) is 12.2 Å². The Kier molecular flexibility index (Phi) is 5.83. The lowest BCUT2D eigenvalue weighted by Crippen LogP contribution is -3.14. The molecular weight excluding hydrogens is 318 g/mol. The number of hydrogen-bond donors (Lipinski definition) is 2. The van der Waals surface area contributed by atoms with Gasteiger partial charge in [0.2, 0.25) is 0 Å². The van der Waals surface area contributed by atoms with E-state index < -0.39 is 0 Å². The van der Waals surface area contributed by atoms with Gasteiger partial charge in [-0.25, -0.2) is 4.79 Å². The van der Waals surface area contributed by atoms with Crippen molar-refractivity contribution in [2.75, 3.05) is 51.3 Å². The topological polar surface area (TPSA) is 64.9 Å². The van der Waals surface area contributed by atoms with E-state index in [0.717, 1.165) is 61.5 Å². The maximum Gasteiger partial charge on any atom is 0.341 e. The SMILES string of the molecule is CCOC(=O)c1cnc2ccc(C)cc2c1NCC[NH+]1CCOCC1. The second-order valence-corrected chi connectivity index (χ2v) is 6.33. The highest BCUT2D eigenvalue weighted by atomic mass is 16.5. The van der Waals surface area contributed by atoms with E-state index >= 15 is 0 Å². The molecule has 1 aliphatic heterocycles. The van der Waals surface area contributed by atoms with Crippen LogP contribution >= 0.6 is 0 Å². The van der Waals surface area contributed by atoms with Gasteiger partial charge < -0.3 is 19.7 Å². The number of esters is 1. The number of quaternary nitrogens is 1. The summed E-state index contributed by atoms with van der Waals surface area (Å²) in [5.41, 5.74) is 3.33. The summed E-state index contributed by atoms with van der Waals surface area (Å²) in [6, 6.07) is 6.08. The fraction of sp³-hybridized carbons (Fsp3) is 0.474.